The number of rotatable bonds is 5. The van der Waals surface area contributed by atoms with Gasteiger partial charge in [-0.1, -0.05) is 11.6 Å². The third-order valence-electron chi connectivity index (χ3n) is 3.60. The molecule has 1 saturated heterocycles. The van der Waals surface area contributed by atoms with Gasteiger partial charge in [0.2, 0.25) is 0 Å². The van der Waals surface area contributed by atoms with Gasteiger partial charge in [-0.3, -0.25) is 4.79 Å². The van der Waals surface area contributed by atoms with E-state index >= 15 is 0 Å². The predicted molar refractivity (Wildman–Crippen MR) is 83.7 cm³/mol. The standard InChI is InChI=1S/C14H16ClF3N4O3/c15-10-5-8(14(16,17)18)6-20-12(10)22-4-2-9(7-22)21-13(25)19-3-1-11(23)24/h5-6,9H,1-4,7H2,(H,23,24)(H2,19,21,25). The molecule has 1 aromatic rings. The van der Waals surface area contributed by atoms with Crippen LogP contribution in [0.5, 0.6) is 0 Å². The number of urea groups is 1. The van der Waals surface area contributed by atoms with Crippen molar-refractivity contribution in [1.82, 2.24) is 15.6 Å². The second-order valence-electron chi connectivity index (χ2n) is 5.50. The summed E-state index contributed by atoms with van der Waals surface area (Å²) in [5.41, 5.74) is -0.923. The summed E-state index contributed by atoms with van der Waals surface area (Å²) in [6.07, 6.45) is -3.42. The van der Waals surface area contributed by atoms with Crippen LogP contribution in [0.15, 0.2) is 12.3 Å². The van der Waals surface area contributed by atoms with Crippen molar-refractivity contribution in [3.05, 3.63) is 22.8 Å². The minimum atomic E-state index is -4.52. The number of pyridine rings is 1. The van der Waals surface area contributed by atoms with E-state index in [0.29, 0.717) is 19.5 Å². The molecule has 1 unspecified atom stereocenters. The Balaban J connectivity index is 1.90. The van der Waals surface area contributed by atoms with Gasteiger partial charge in [0.05, 0.1) is 17.0 Å². The fraction of sp³-hybridized carbons (Fsp3) is 0.500. The van der Waals surface area contributed by atoms with E-state index in [-0.39, 0.29) is 29.8 Å². The van der Waals surface area contributed by atoms with E-state index in [2.05, 4.69) is 15.6 Å². The average Bonchev–Trinajstić information content (AvgIpc) is 2.93. The normalized spacial score (nSPS) is 17.4. The van der Waals surface area contributed by atoms with Crippen molar-refractivity contribution in [3.63, 3.8) is 0 Å². The first-order valence-electron chi connectivity index (χ1n) is 7.40. The Kier molecular flexibility index (Phi) is 5.93. The van der Waals surface area contributed by atoms with Gasteiger partial charge in [0, 0.05) is 31.9 Å². The fourth-order valence-electron chi connectivity index (χ4n) is 2.41. The van der Waals surface area contributed by atoms with Crippen LogP contribution in [0.3, 0.4) is 0 Å². The Hall–Kier alpha value is -2.23. The number of nitrogens with one attached hydrogen (secondary N) is 2. The molecule has 1 fully saturated rings. The van der Waals surface area contributed by atoms with Gasteiger partial charge in [-0.2, -0.15) is 13.2 Å². The summed E-state index contributed by atoms with van der Waals surface area (Å²) in [5, 5.41) is 13.5. The van der Waals surface area contributed by atoms with E-state index in [0.717, 1.165) is 12.3 Å². The Bertz CT molecular complexity index is 657. The third-order valence-corrected chi connectivity index (χ3v) is 3.87. The molecule has 138 valence electrons. The van der Waals surface area contributed by atoms with Crippen LogP contribution in [0.1, 0.15) is 18.4 Å². The Labute approximate surface area is 146 Å². The first kappa shape index (κ1) is 19.1. The van der Waals surface area contributed by atoms with Crippen molar-refractivity contribution in [3.8, 4) is 0 Å². The number of hydrogen-bond donors (Lipinski definition) is 3. The number of carboxylic acid groups (broad SMARTS) is 1. The number of alkyl halides is 3. The Morgan fingerprint density at radius 2 is 2.16 bits per heavy atom. The van der Waals surface area contributed by atoms with E-state index in [1.807, 2.05) is 0 Å². The first-order chi connectivity index (χ1) is 11.7. The molecule has 2 amide bonds. The summed E-state index contributed by atoms with van der Waals surface area (Å²) in [5.74, 6) is -0.791. The minimum absolute atomic E-state index is 0.00386. The lowest BCUT2D eigenvalue weighted by molar-refractivity contribution is -0.138. The van der Waals surface area contributed by atoms with Gasteiger partial charge < -0.3 is 20.6 Å². The molecule has 3 N–H and O–H groups in total. The van der Waals surface area contributed by atoms with Gasteiger partial charge in [0.1, 0.15) is 5.82 Å². The summed E-state index contributed by atoms with van der Waals surface area (Å²) in [7, 11) is 0. The molecular formula is C14H16ClF3N4O3. The summed E-state index contributed by atoms with van der Waals surface area (Å²) in [6, 6.07) is 0.0769. The molecular weight excluding hydrogens is 365 g/mol. The van der Waals surface area contributed by atoms with Gasteiger partial charge in [-0.15, -0.1) is 0 Å². The van der Waals surface area contributed by atoms with Crippen LogP contribution in [0.2, 0.25) is 5.02 Å². The number of amides is 2. The van der Waals surface area contributed by atoms with Gasteiger partial charge in [-0.25, -0.2) is 9.78 Å². The number of carboxylic acids is 1. The molecule has 0 bridgehead atoms. The predicted octanol–water partition coefficient (Wildman–Crippen LogP) is 2.11. The zero-order chi connectivity index (χ0) is 18.6. The number of carbonyl (C=O) groups is 2. The van der Waals surface area contributed by atoms with Crippen LogP contribution in [-0.4, -0.2) is 47.8 Å². The smallest absolute Gasteiger partial charge is 0.417 e. The lowest BCUT2D eigenvalue weighted by atomic mass is 10.2. The van der Waals surface area contributed by atoms with Crippen molar-refractivity contribution in [2.45, 2.75) is 25.1 Å². The highest BCUT2D eigenvalue weighted by Gasteiger charge is 2.33. The molecule has 1 atom stereocenters. The SMILES string of the molecule is O=C(O)CCNC(=O)NC1CCN(c2ncc(C(F)(F)F)cc2Cl)C1. The topological polar surface area (TPSA) is 94.6 Å². The number of aromatic nitrogens is 1. The number of halogens is 4. The van der Waals surface area contributed by atoms with Crippen molar-refractivity contribution >= 4 is 29.4 Å². The van der Waals surface area contributed by atoms with Gasteiger partial charge in [-0.05, 0) is 12.5 Å². The molecule has 1 aliphatic rings. The van der Waals surface area contributed by atoms with Gasteiger partial charge >= 0.3 is 18.2 Å². The van der Waals surface area contributed by atoms with Gasteiger partial charge in [0.15, 0.2) is 0 Å². The summed E-state index contributed by atoms with van der Waals surface area (Å²) < 4.78 is 37.9. The highest BCUT2D eigenvalue weighted by atomic mass is 35.5. The summed E-state index contributed by atoms with van der Waals surface area (Å²) in [6.45, 7) is 0.812. The van der Waals surface area contributed by atoms with Crippen LogP contribution in [0, 0.1) is 0 Å². The van der Waals surface area contributed by atoms with E-state index in [1.165, 1.54) is 0 Å². The van der Waals surface area contributed by atoms with Crippen LogP contribution in [0.4, 0.5) is 23.8 Å². The molecule has 11 heteroatoms. The van der Waals surface area contributed by atoms with Crippen LogP contribution >= 0.6 is 11.6 Å². The van der Waals surface area contributed by atoms with E-state index in [1.54, 1.807) is 4.90 Å². The van der Waals surface area contributed by atoms with Crippen LogP contribution in [-0.2, 0) is 11.0 Å². The van der Waals surface area contributed by atoms with Crippen LogP contribution in [0.25, 0.3) is 0 Å². The van der Waals surface area contributed by atoms with Crippen LogP contribution < -0.4 is 15.5 Å². The molecule has 0 aliphatic carbocycles. The molecule has 1 aromatic heterocycles. The summed E-state index contributed by atoms with van der Waals surface area (Å²) in [4.78, 5) is 27.5. The Morgan fingerprint density at radius 1 is 1.44 bits per heavy atom. The number of anilines is 1. The maximum atomic E-state index is 12.6. The fourth-order valence-corrected chi connectivity index (χ4v) is 2.69. The monoisotopic (exact) mass is 380 g/mol. The quantitative estimate of drug-likeness (QED) is 0.727. The molecule has 0 saturated carbocycles. The molecule has 2 heterocycles. The summed E-state index contributed by atoms with van der Waals surface area (Å²) >= 11 is 5.91. The molecule has 0 radical (unpaired) electrons. The number of hydrogen-bond acceptors (Lipinski definition) is 4. The molecule has 2 rings (SSSR count). The minimum Gasteiger partial charge on any atom is -0.481 e. The number of nitrogens with zero attached hydrogens (tertiary/aromatic N) is 2. The van der Waals surface area contributed by atoms with Crippen molar-refractivity contribution in [2.75, 3.05) is 24.5 Å². The maximum Gasteiger partial charge on any atom is 0.417 e. The molecule has 0 aromatic carbocycles. The average molecular weight is 381 g/mol. The zero-order valence-electron chi connectivity index (χ0n) is 12.9. The molecule has 1 aliphatic heterocycles. The maximum absolute atomic E-state index is 12.6. The highest BCUT2D eigenvalue weighted by molar-refractivity contribution is 6.33. The van der Waals surface area contributed by atoms with E-state index in [4.69, 9.17) is 16.7 Å². The van der Waals surface area contributed by atoms with Crippen molar-refractivity contribution < 1.29 is 27.9 Å². The molecule has 0 spiro atoms. The first-order valence-corrected chi connectivity index (χ1v) is 7.78. The largest absolute Gasteiger partial charge is 0.481 e. The lowest BCUT2D eigenvalue weighted by Crippen LogP contribution is -2.44. The van der Waals surface area contributed by atoms with E-state index in [9.17, 15) is 22.8 Å². The highest BCUT2D eigenvalue weighted by Crippen LogP contribution is 2.34. The van der Waals surface area contributed by atoms with Gasteiger partial charge in [0.25, 0.3) is 0 Å². The zero-order valence-corrected chi connectivity index (χ0v) is 13.7. The number of aliphatic carboxylic acids is 1. The third kappa shape index (κ3) is 5.38. The molecule has 25 heavy (non-hydrogen) atoms. The van der Waals surface area contributed by atoms with Crippen molar-refractivity contribution in [2.24, 2.45) is 0 Å². The van der Waals surface area contributed by atoms with E-state index < -0.39 is 23.7 Å². The molecule has 7 nitrogen and oxygen atoms in total. The number of carbonyl (C=O) groups excluding carboxylic acids is 1. The lowest BCUT2D eigenvalue weighted by Gasteiger charge is -2.20. The Morgan fingerprint density at radius 3 is 2.76 bits per heavy atom. The van der Waals surface area contributed by atoms with Crippen molar-refractivity contribution in [1.29, 1.82) is 0 Å². The second-order valence-corrected chi connectivity index (χ2v) is 5.91. The second kappa shape index (κ2) is 7.77.